The van der Waals surface area contributed by atoms with Crippen LogP contribution >= 0.6 is 24.0 Å². The minimum Gasteiger partial charge on any atom is -0.381 e. The van der Waals surface area contributed by atoms with Crippen molar-refractivity contribution in [3.63, 3.8) is 0 Å². The summed E-state index contributed by atoms with van der Waals surface area (Å²) in [7, 11) is 0. The summed E-state index contributed by atoms with van der Waals surface area (Å²) in [6.45, 7) is 7.04. The highest BCUT2D eigenvalue weighted by Crippen LogP contribution is 2.12. The van der Waals surface area contributed by atoms with Gasteiger partial charge in [0.25, 0.3) is 0 Å². The summed E-state index contributed by atoms with van der Waals surface area (Å²) in [6, 6.07) is 3.58. The maximum absolute atomic E-state index is 13.2. The third-order valence-electron chi connectivity index (χ3n) is 4.07. The van der Waals surface area contributed by atoms with E-state index < -0.39 is 11.6 Å². The van der Waals surface area contributed by atoms with E-state index in [1.807, 2.05) is 6.92 Å². The van der Waals surface area contributed by atoms with E-state index >= 15 is 0 Å². The van der Waals surface area contributed by atoms with Crippen molar-refractivity contribution in [2.24, 2.45) is 10.9 Å². The molecule has 1 fully saturated rings. The Morgan fingerprint density at radius 3 is 2.70 bits per heavy atom. The van der Waals surface area contributed by atoms with Crippen LogP contribution in [0, 0.1) is 17.6 Å². The summed E-state index contributed by atoms with van der Waals surface area (Å²) in [5.41, 5.74) is 0.621. The molecule has 1 aromatic rings. The van der Waals surface area contributed by atoms with Gasteiger partial charge >= 0.3 is 0 Å². The Balaban J connectivity index is 0.00000364. The van der Waals surface area contributed by atoms with Gasteiger partial charge in [0.1, 0.15) is 11.6 Å². The molecule has 2 N–H and O–H groups in total. The van der Waals surface area contributed by atoms with E-state index in [-0.39, 0.29) is 24.0 Å². The van der Waals surface area contributed by atoms with Gasteiger partial charge in [0.2, 0.25) is 0 Å². The molecular formula is C19H30F2IN3O2. The molecule has 1 aromatic carbocycles. The summed E-state index contributed by atoms with van der Waals surface area (Å²) in [5.74, 6) is 0.133. The monoisotopic (exact) mass is 497 g/mol. The zero-order chi connectivity index (χ0) is 18.6. The third-order valence-corrected chi connectivity index (χ3v) is 4.07. The van der Waals surface area contributed by atoms with Crippen LogP contribution in [0.25, 0.3) is 0 Å². The molecule has 1 heterocycles. The SMILES string of the molecule is CCNC(=NCCCOCC1CCOC1)NCCc1cc(F)cc(F)c1.I. The van der Waals surface area contributed by atoms with Crippen LogP contribution in [0.5, 0.6) is 0 Å². The summed E-state index contributed by atoms with van der Waals surface area (Å²) >= 11 is 0. The molecule has 1 aliphatic rings. The van der Waals surface area contributed by atoms with Gasteiger partial charge in [-0.2, -0.15) is 0 Å². The lowest BCUT2D eigenvalue weighted by atomic mass is 10.1. The highest BCUT2D eigenvalue weighted by Gasteiger charge is 2.15. The van der Waals surface area contributed by atoms with Crippen molar-refractivity contribution in [3.05, 3.63) is 35.4 Å². The van der Waals surface area contributed by atoms with E-state index in [4.69, 9.17) is 9.47 Å². The smallest absolute Gasteiger partial charge is 0.191 e. The molecule has 8 heteroatoms. The van der Waals surface area contributed by atoms with Crippen molar-refractivity contribution in [2.45, 2.75) is 26.2 Å². The Bertz CT molecular complexity index is 550. The predicted octanol–water partition coefficient (Wildman–Crippen LogP) is 3.12. The van der Waals surface area contributed by atoms with Gasteiger partial charge in [0.05, 0.1) is 13.2 Å². The van der Waals surface area contributed by atoms with E-state index in [0.717, 1.165) is 45.3 Å². The first-order valence-electron chi connectivity index (χ1n) is 9.30. The fraction of sp³-hybridized carbons (Fsp3) is 0.632. The largest absolute Gasteiger partial charge is 0.381 e. The van der Waals surface area contributed by atoms with Gasteiger partial charge in [-0.05, 0) is 43.9 Å². The van der Waals surface area contributed by atoms with Gasteiger partial charge in [-0.3, -0.25) is 4.99 Å². The lowest BCUT2D eigenvalue weighted by Gasteiger charge is -2.12. The van der Waals surface area contributed by atoms with E-state index in [1.165, 1.54) is 12.1 Å². The first-order chi connectivity index (χ1) is 12.7. The number of hydrogen-bond acceptors (Lipinski definition) is 3. The molecule has 0 aromatic heterocycles. The molecule has 1 saturated heterocycles. The van der Waals surface area contributed by atoms with E-state index in [9.17, 15) is 8.78 Å². The maximum Gasteiger partial charge on any atom is 0.191 e. The Hall–Kier alpha value is -1.00. The number of rotatable bonds is 10. The second-order valence-electron chi connectivity index (χ2n) is 6.37. The number of benzene rings is 1. The summed E-state index contributed by atoms with van der Waals surface area (Å²) in [6.07, 6.45) is 2.45. The predicted molar refractivity (Wildman–Crippen MR) is 114 cm³/mol. The van der Waals surface area contributed by atoms with Gasteiger partial charge < -0.3 is 20.1 Å². The van der Waals surface area contributed by atoms with Gasteiger partial charge in [-0.15, -0.1) is 24.0 Å². The Labute approximate surface area is 177 Å². The summed E-state index contributed by atoms with van der Waals surface area (Å²) in [5, 5.41) is 6.34. The first-order valence-corrected chi connectivity index (χ1v) is 9.30. The highest BCUT2D eigenvalue weighted by molar-refractivity contribution is 14.0. The number of nitrogens with one attached hydrogen (secondary N) is 2. The topological polar surface area (TPSA) is 54.9 Å². The fourth-order valence-electron chi connectivity index (χ4n) is 2.74. The van der Waals surface area contributed by atoms with Crippen LogP contribution in [0.15, 0.2) is 23.2 Å². The van der Waals surface area contributed by atoms with Gasteiger partial charge in [0, 0.05) is 44.8 Å². The van der Waals surface area contributed by atoms with Crippen molar-refractivity contribution in [2.75, 3.05) is 46.1 Å². The second kappa shape index (κ2) is 14.1. The lowest BCUT2D eigenvalue weighted by molar-refractivity contribution is 0.0893. The van der Waals surface area contributed by atoms with Crippen molar-refractivity contribution in [1.29, 1.82) is 0 Å². The van der Waals surface area contributed by atoms with Crippen LogP contribution in [0.4, 0.5) is 8.78 Å². The highest BCUT2D eigenvalue weighted by atomic mass is 127. The van der Waals surface area contributed by atoms with Crippen LogP contribution in [0.2, 0.25) is 0 Å². The molecule has 1 aliphatic heterocycles. The number of nitrogens with zero attached hydrogens (tertiary/aromatic N) is 1. The molecule has 0 saturated carbocycles. The van der Waals surface area contributed by atoms with Gasteiger partial charge in [-0.25, -0.2) is 8.78 Å². The summed E-state index contributed by atoms with van der Waals surface area (Å²) in [4.78, 5) is 4.49. The quantitative estimate of drug-likeness (QED) is 0.226. The minimum absolute atomic E-state index is 0. The Morgan fingerprint density at radius 1 is 1.26 bits per heavy atom. The van der Waals surface area contributed by atoms with Crippen LogP contribution in [-0.2, 0) is 15.9 Å². The molecule has 2 rings (SSSR count). The first kappa shape index (κ1) is 24.0. The molecule has 1 atom stereocenters. The molecule has 0 aliphatic carbocycles. The number of hydrogen-bond donors (Lipinski definition) is 2. The average molecular weight is 497 g/mol. The molecule has 27 heavy (non-hydrogen) atoms. The van der Waals surface area contributed by atoms with E-state index in [1.54, 1.807) is 0 Å². The minimum atomic E-state index is -0.551. The van der Waals surface area contributed by atoms with Gasteiger partial charge in [-0.1, -0.05) is 0 Å². The standard InChI is InChI=1S/C19H29F2N3O2.HI/c1-2-22-19(23-6-3-8-25-13-16-5-9-26-14-16)24-7-4-15-10-17(20)12-18(21)11-15;/h10-12,16H,2-9,13-14H2,1H3,(H2,22,23,24);1H. The van der Waals surface area contributed by atoms with Gasteiger partial charge in [0.15, 0.2) is 5.96 Å². The van der Waals surface area contributed by atoms with E-state index in [2.05, 4.69) is 15.6 Å². The van der Waals surface area contributed by atoms with Crippen LogP contribution in [0.3, 0.4) is 0 Å². The third kappa shape index (κ3) is 10.2. The molecule has 0 amide bonds. The molecule has 5 nitrogen and oxygen atoms in total. The fourth-order valence-corrected chi connectivity index (χ4v) is 2.74. The zero-order valence-electron chi connectivity index (χ0n) is 15.8. The second-order valence-corrected chi connectivity index (χ2v) is 6.37. The van der Waals surface area contributed by atoms with Crippen molar-refractivity contribution in [1.82, 2.24) is 10.6 Å². The normalized spacial score (nSPS) is 16.9. The van der Waals surface area contributed by atoms with Crippen molar-refractivity contribution < 1.29 is 18.3 Å². The van der Waals surface area contributed by atoms with Crippen LogP contribution in [0.1, 0.15) is 25.3 Å². The summed E-state index contributed by atoms with van der Waals surface area (Å²) < 4.78 is 37.3. The number of guanidine groups is 1. The molecule has 0 bridgehead atoms. The average Bonchev–Trinajstić information content (AvgIpc) is 3.10. The van der Waals surface area contributed by atoms with Crippen molar-refractivity contribution >= 4 is 29.9 Å². The van der Waals surface area contributed by atoms with Crippen LogP contribution in [-0.4, -0.2) is 52.0 Å². The number of halogens is 3. The molecule has 154 valence electrons. The van der Waals surface area contributed by atoms with Crippen molar-refractivity contribution in [3.8, 4) is 0 Å². The number of aliphatic imine (C=N–C) groups is 1. The number of ether oxygens (including phenoxy) is 2. The molecule has 0 spiro atoms. The maximum atomic E-state index is 13.2. The lowest BCUT2D eigenvalue weighted by Crippen LogP contribution is -2.38. The van der Waals surface area contributed by atoms with E-state index in [0.29, 0.717) is 43.6 Å². The van der Waals surface area contributed by atoms with Crippen LogP contribution < -0.4 is 10.6 Å². The molecule has 1 unspecified atom stereocenters. The zero-order valence-corrected chi connectivity index (χ0v) is 18.1. The molecule has 0 radical (unpaired) electrons. The molecular weight excluding hydrogens is 467 g/mol. The Kier molecular flexibility index (Phi) is 12.5. The Morgan fingerprint density at radius 2 is 2.04 bits per heavy atom.